The highest BCUT2D eigenvalue weighted by atomic mass is 16.7. The molecule has 1 amide bonds. The fourth-order valence-corrected chi connectivity index (χ4v) is 3.72. The minimum absolute atomic E-state index is 0.150. The van der Waals surface area contributed by atoms with E-state index in [1.54, 1.807) is 0 Å². The Hall–Kier alpha value is -1.79. The van der Waals surface area contributed by atoms with Crippen LogP contribution >= 0.6 is 0 Å². The second-order valence-electron chi connectivity index (χ2n) is 7.27. The zero-order chi connectivity index (χ0) is 18.4. The Morgan fingerprint density at radius 2 is 1.65 bits per heavy atom. The third-order valence-electron chi connectivity index (χ3n) is 5.22. The molecule has 2 aliphatic rings. The number of aliphatic hydroxyl groups excluding tert-OH is 1. The number of amides is 1. The summed E-state index contributed by atoms with van der Waals surface area (Å²) in [7, 11) is 2.14. The molecule has 144 valence electrons. The highest BCUT2D eigenvalue weighted by Crippen LogP contribution is 2.35. The summed E-state index contributed by atoms with van der Waals surface area (Å²) in [5.74, 6) is 1.56. The van der Waals surface area contributed by atoms with Gasteiger partial charge in [0.2, 0.25) is 12.7 Å². The van der Waals surface area contributed by atoms with Crippen molar-refractivity contribution in [3.63, 3.8) is 0 Å². The molecule has 2 heterocycles. The maximum Gasteiger partial charge on any atom is 0.248 e. The second kappa shape index (κ2) is 9.24. The van der Waals surface area contributed by atoms with Crippen LogP contribution in [0.3, 0.4) is 0 Å². The van der Waals surface area contributed by atoms with Gasteiger partial charge in [-0.25, -0.2) is 0 Å². The molecular formula is C20H30N2O4. The largest absolute Gasteiger partial charge is 0.454 e. The minimum Gasteiger partial charge on any atom is -0.454 e. The van der Waals surface area contributed by atoms with Crippen LogP contribution in [0.5, 0.6) is 11.5 Å². The van der Waals surface area contributed by atoms with Crippen LogP contribution < -0.4 is 9.47 Å². The summed E-state index contributed by atoms with van der Waals surface area (Å²) in [5, 5.41) is 9.16. The highest BCUT2D eigenvalue weighted by molar-refractivity contribution is 5.77. The van der Waals surface area contributed by atoms with Crippen molar-refractivity contribution in [1.82, 2.24) is 9.80 Å². The molecule has 0 atom stereocenters. The molecule has 1 aromatic rings. The molecule has 0 bridgehead atoms. The fraction of sp³-hybridized carbons (Fsp3) is 0.650. The third-order valence-corrected chi connectivity index (χ3v) is 5.22. The first-order valence-electron chi connectivity index (χ1n) is 9.66. The van der Waals surface area contributed by atoms with Gasteiger partial charge in [0.25, 0.3) is 0 Å². The third kappa shape index (κ3) is 4.89. The fourth-order valence-electron chi connectivity index (χ4n) is 3.72. The predicted octanol–water partition coefficient (Wildman–Crippen LogP) is 2.17. The summed E-state index contributed by atoms with van der Waals surface area (Å²) in [5.41, 5.74) is 2.66. The lowest BCUT2D eigenvalue weighted by atomic mass is 9.99. The number of aliphatic hydroxyl groups is 1. The summed E-state index contributed by atoms with van der Waals surface area (Å²) in [6, 6.07) is 4.28. The van der Waals surface area contributed by atoms with E-state index in [0.717, 1.165) is 76.2 Å². The van der Waals surface area contributed by atoms with E-state index in [2.05, 4.69) is 24.1 Å². The Labute approximate surface area is 155 Å². The van der Waals surface area contributed by atoms with Crippen molar-refractivity contribution in [3.8, 4) is 11.5 Å². The van der Waals surface area contributed by atoms with Crippen molar-refractivity contribution < 1.29 is 19.4 Å². The summed E-state index contributed by atoms with van der Waals surface area (Å²) < 4.78 is 11.1. The van der Waals surface area contributed by atoms with Gasteiger partial charge in [0, 0.05) is 19.6 Å². The average Bonchev–Trinajstić information content (AvgIpc) is 3.09. The van der Waals surface area contributed by atoms with Gasteiger partial charge in [-0.3, -0.25) is 4.79 Å². The van der Waals surface area contributed by atoms with Gasteiger partial charge in [0.05, 0.1) is 0 Å². The maximum atomic E-state index is 11.9. The van der Waals surface area contributed by atoms with Crippen molar-refractivity contribution in [1.29, 1.82) is 0 Å². The van der Waals surface area contributed by atoms with Crippen LogP contribution in [0.2, 0.25) is 0 Å². The number of hydrogen-bond acceptors (Lipinski definition) is 5. The zero-order valence-electron chi connectivity index (χ0n) is 15.7. The first-order chi connectivity index (χ1) is 12.7. The maximum absolute atomic E-state index is 11.9. The summed E-state index contributed by atoms with van der Waals surface area (Å²) >= 11 is 0. The van der Waals surface area contributed by atoms with Crippen LogP contribution in [0.25, 0.3) is 0 Å². The summed E-state index contributed by atoms with van der Waals surface area (Å²) in [6.45, 7) is 3.27. The van der Waals surface area contributed by atoms with E-state index >= 15 is 0 Å². The van der Waals surface area contributed by atoms with Crippen molar-refractivity contribution in [2.75, 3.05) is 40.1 Å². The lowest BCUT2D eigenvalue weighted by molar-refractivity contribution is -0.134. The highest BCUT2D eigenvalue weighted by Gasteiger charge is 2.18. The summed E-state index contributed by atoms with van der Waals surface area (Å²) in [6.07, 6.45) is 6.13. The van der Waals surface area contributed by atoms with Gasteiger partial charge in [0.1, 0.15) is 6.61 Å². The van der Waals surface area contributed by atoms with E-state index in [4.69, 9.17) is 14.6 Å². The normalized spacial score (nSPS) is 19.7. The van der Waals surface area contributed by atoms with Gasteiger partial charge in [0.15, 0.2) is 11.5 Å². The Balaban J connectivity index is 1.70. The molecule has 0 spiro atoms. The van der Waals surface area contributed by atoms with Crippen LogP contribution in [0, 0.1) is 0 Å². The smallest absolute Gasteiger partial charge is 0.248 e. The molecule has 0 unspecified atom stereocenters. The van der Waals surface area contributed by atoms with Crippen molar-refractivity contribution in [3.05, 3.63) is 23.3 Å². The number of carbonyl (C=O) groups is 1. The van der Waals surface area contributed by atoms with Gasteiger partial charge in [-0.05, 0) is 69.0 Å². The van der Waals surface area contributed by atoms with E-state index in [0.29, 0.717) is 6.79 Å². The van der Waals surface area contributed by atoms with Crippen LogP contribution in [-0.4, -0.2) is 60.9 Å². The average molecular weight is 362 g/mol. The standard InChI is InChI=1S/C20H30N2O4/c1-21-8-5-6-10-22(20(24)14-23)9-4-2-3-7-16-11-18-19(26-15-25-18)12-17(16)13-21/h11-12,23H,2-10,13-15H2,1H3. The molecular weight excluding hydrogens is 332 g/mol. The predicted molar refractivity (Wildman–Crippen MR) is 99.4 cm³/mol. The van der Waals surface area contributed by atoms with Crippen molar-refractivity contribution in [2.45, 2.75) is 45.1 Å². The molecule has 0 aliphatic carbocycles. The summed E-state index contributed by atoms with van der Waals surface area (Å²) in [4.78, 5) is 16.0. The number of fused-ring (bicyclic) bond motifs is 2. The molecule has 6 nitrogen and oxygen atoms in total. The number of hydrogen-bond donors (Lipinski definition) is 1. The Morgan fingerprint density at radius 1 is 1.00 bits per heavy atom. The van der Waals surface area contributed by atoms with Gasteiger partial charge in [-0.2, -0.15) is 0 Å². The molecule has 0 radical (unpaired) electrons. The molecule has 1 aromatic carbocycles. The quantitative estimate of drug-likeness (QED) is 0.830. The molecule has 0 saturated carbocycles. The van der Waals surface area contributed by atoms with Crippen molar-refractivity contribution in [2.24, 2.45) is 0 Å². The van der Waals surface area contributed by atoms with Gasteiger partial charge in [-0.15, -0.1) is 0 Å². The van der Waals surface area contributed by atoms with Crippen LogP contribution in [0.15, 0.2) is 12.1 Å². The SMILES string of the molecule is CN1CCCCN(C(=O)CO)CCCCCc2cc3c(cc2C1)OCO3. The van der Waals surface area contributed by atoms with Gasteiger partial charge >= 0.3 is 0 Å². The number of carbonyl (C=O) groups excluding carboxylic acids is 1. The van der Waals surface area contributed by atoms with Crippen LogP contribution in [0.4, 0.5) is 0 Å². The Kier molecular flexibility index (Phi) is 6.74. The first-order valence-corrected chi connectivity index (χ1v) is 9.66. The number of aryl methyl sites for hydroxylation is 1. The molecule has 26 heavy (non-hydrogen) atoms. The molecule has 6 heteroatoms. The van der Waals surface area contributed by atoms with Crippen molar-refractivity contribution >= 4 is 5.91 Å². The molecule has 0 fully saturated rings. The first kappa shape index (κ1) is 19.0. The van der Waals surface area contributed by atoms with Gasteiger partial charge in [-0.1, -0.05) is 6.42 Å². The molecule has 2 aliphatic heterocycles. The van der Waals surface area contributed by atoms with Crippen LogP contribution in [-0.2, 0) is 17.8 Å². The monoisotopic (exact) mass is 362 g/mol. The lowest BCUT2D eigenvalue weighted by Gasteiger charge is -2.24. The molecule has 1 N–H and O–H groups in total. The van der Waals surface area contributed by atoms with E-state index in [1.165, 1.54) is 11.1 Å². The lowest BCUT2D eigenvalue weighted by Crippen LogP contribution is -2.35. The molecule has 0 aromatic heterocycles. The second-order valence-corrected chi connectivity index (χ2v) is 7.27. The molecule has 3 rings (SSSR count). The topological polar surface area (TPSA) is 62.2 Å². The van der Waals surface area contributed by atoms with Gasteiger partial charge < -0.3 is 24.4 Å². The minimum atomic E-state index is -0.388. The van der Waals surface area contributed by atoms with E-state index in [9.17, 15) is 4.79 Å². The number of ether oxygens (including phenoxy) is 2. The Morgan fingerprint density at radius 3 is 2.38 bits per heavy atom. The van der Waals surface area contributed by atoms with E-state index in [1.807, 2.05) is 4.90 Å². The van der Waals surface area contributed by atoms with Crippen LogP contribution in [0.1, 0.15) is 43.2 Å². The molecule has 0 saturated heterocycles. The number of benzene rings is 1. The zero-order valence-corrected chi connectivity index (χ0v) is 15.7. The Bertz CT molecular complexity index is 620. The number of rotatable bonds is 1. The van der Waals surface area contributed by atoms with E-state index < -0.39 is 0 Å². The van der Waals surface area contributed by atoms with E-state index in [-0.39, 0.29) is 12.5 Å². The number of nitrogens with zero attached hydrogens (tertiary/aromatic N) is 2.